The molecule has 0 N–H and O–H groups in total. The molecule has 2 rings (SSSR count). The second-order valence-electron chi connectivity index (χ2n) is 3.54. The van der Waals surface area contributed by atoms with Crippen LogP contribution in [0.5, 0.6) is 0 Å². The molecule has 4 nitrogen and oxygen atoms in total. The molecule has 1 fully saturated rings. The molecule has 80 valence electrons. The van der Waals surface area contributed by atoms with Crippen LogP contribution in [0.25, 0.3) is 0 Å². The average molecular weight is 206 g/mol. The summed E-state index contributed by atoms with van der Waals surface area (Å²) in [6.45, 7) is 3.36. The molecule has 0 radical (unpaired) electrons. The van der Waals surface area contributed by atoms with E-state index in [0.29, 0.717) is 5.69 Å². The lowest BCUT2D eigenvalue weighted by atomic mass is 10.2. The number of ether oxygens (including phenoxy) is 1. The van der Waals surface area contributed by atoms with Crippen LogP contribution in [0.2, 0.25) is 0 Å². The Morgan fingerprint density at radius 3 is 3.13 bits per heavy atom. The predicted octanol–water partition coefficient (Wildman–Crippen LogP) is 1.29. The van der Waals surface area contributed by atoms with Gasteiger partial charge in [-0.05, 0) is 25.5 Å². The smallest absolute Gasteiger partial charge is 0.274 e. The summed E-state index contributed by atoms with van der Waals surface area (Å²) >= 11 is 0. The highest BCUT2D eigenvalue weighted by molar-refractivity contribution is 5.92. The van der Waals surface area contributed by atoms with Crippen molar-refractivity contribution in [2.75, 3.05) is 13.2 Å². The van der Waals surface area contributed by atoms with E-state index in [1.165, 1.54) is 0 Å². The van der Waals surface area contributed by atoms with Crippen molar-refractivity contribution in [2.24, 2.45) is 0 Å². The molecule has 0 aliphatic carbocycles. The first-order valence-corrected chi connectivity index (χ1v) is 5.12. The van der Waals surface area contributed by atoms with Gasteiger partial charge in [0, 0.05) is 12.7 Å². The van der Waals surface area contributed by atoms with Crippen molar-refractivity contribution in [1.29, 1.82) is 0 Å². The first-order chi connectivity index (χ1) is 7.29. The Labute approximate surface area is 88.9 Å². The molecule has 1 amide bonds. The molecule has 15 heavy (non-hydrogen) atoms. The zero-order valence-electron chi connectivity index (χ0n) is 8.72. The minimum atomic E-state index is -0.145. The Balaban J connectivity index is 2.13. The first-order valence-electron chi connectivity index (χ1n) is 5.12. The molecule has 1 atom stereocenters. The Bertz CT molecular complexity index is 340. The molecule has 0 spiro atoms. The van der Waals surface area contributed by atoms with Crippen molar-refractivity contribution in [2.45, 2.75) is 19.6 Å². The van der Waals surface area contributed by atoms with Crippen molar-refractivity contribution < 1.29 is 9.53 Å². The number of pyridine rings is 1. The van der Waals surface area contributed by atoms with Crippen LogP contribution in [0, 0.1) is 0 Å². The second kappa shape index (κ2) is 4.40. The molecule has 1 aliphatic rings. The highest BCUT2D eigenvalue weighted by atomic mass is 16.5. The summed E-state index contributed by atoms with van der Waals surface area (Å²) in [6, 6.07) is 5.34. The van der Waals surface area contributed by atoms with Crippen molar-refractivity contribution >= 4 is 5.91 Å². The number of carbonyl (C=O) groups excluding carboxylic acids is 1. The van der Waals surface area contributed by atoms with E-state index in [9.17, 15) is 4.79 Å². The predicted molar refractivity (Wildman–Crippen MR) is 55.3 cm³/mol. The molecule has 0 saturated carbocycles. The van der Waals surface area contributed by atoms with Crippen molar-refractivity contribution in [3.8, 4) is 0 Å². The van der Waals surface area contributed by atoms with Gasteiger partial charge in [-0.3, -0.25) is 9.78 Å². The second-order valence-corrected chi connectivity index (χ2v) is 3.54. The van der Waals surface area contributed by atoms with Gasteiger partial charge in [-0.15, -0.1) is 0 Å². The summed E-state index contributed by atoms with van der Waals surface area (Å²) < 4.78 is 5.41. The molecule has 4 heteroatoms. The quantitative estimate of drug-likeness (QED) is 0.695. The zero-order valence-corrected chi connectivity index (χ0v) is 8.72. The van der Waals surface area contributed by atoms with Crippen LogP contribution in [0.4, 0.5) is 0 Å². The lowest BCUT2D eigenvalue weighted by Crippen LogP contribution is -2.45. The fraction of sp³-hybridized carbons (Fsp3) is 0.455. The Morgan fingerprint density at radius 1 is 1.60 bits per heavy atom. The van der Waals surface area contributed by atoms with Crippen LogP contribution >= 0.6 is 0 Å². The third-order valence-corrected chi connectivity index (χ3v) is 2.49. The normalized spacial score (nSPS) is 21.4. The standard InChI is InChI=1S/C11H14N2O2/c1-9-13(7-4-8-15-9)11(14)10-5-2-3-6-12-10/h2-3,5-6,9H,4,7-8H2,1H3. The minimum Gasteiger partial charge on any atom is -0.359 e. The Hall–Kier alpha value is -1.42. The maximum absolute atomic E-state index is 12.0. The first kappa shape index (κ1) is 10.1. The van der Waals surface area contributed by atoms with Crippen LogP contribution in [0.3, 0.4) is 0 Å². The molecule has 1 aromatic rings. The van der Waals surface area contributed by atoms with Crippen molar-refractivity contribution in [3.05, 3.63) is 30.1 Å². The van der Waals surface area contributed by atoms with Crippen LogP contribution in [-0.2, 0) is 4.74 Å². The largest absolute Gasteiger partial charge is 0.359 e. The number of hydrogen-bond donors (Lipinski definition) is 0. The molecule has 2 heterocycles. The summed E-state index contributed by atoms with van der Waals surface area (Å²) in [4.78, 5) is 17.7. The molecule has 1 aromatic heterocycles. The van der Waals surface area contributed by atoms with E-state index in [2.05, 4.69) is 4.98 Å². The highest BCUT2D eigenvalue weighted by Crippen LogP contribution is 2.12. The van der Waals surface area contributed by atoms with Gasteiger partial charge in [0.05, 0.1) is 6.61 Å². The minimum absolute atomic E-state index is 0.0530. The molecule has 1 aliphatic heterocycles. The molecule has 0 bridgehead atoms. The van der Waals surface area contributed by atoms with Crippen molar-refractivity contribution in [1.82, 2.24) is 9.88 Å². The van der Waals surface area contributed by atoms with Gasteiger partial charge < -0.3 is 9.64 Å². The van der Waals surface area contributed by atoms with Gasteiger partial charge in [0.15, 0.2) is 0 Å². The van der Waals surface area contributed by atoms with Crippen molar-refractivity contribution in [3.63, 3.8) is 0 Å². The summed E-state index contributed by atoms with van der Waals surface area (Å²) in [5.74, 6) is -0.0530. The molecular formula is C11H14N2O2. The van der Waals surface area contributed by atoms with E-state index in [4.69, 9.17) is 4.74 Å². The molecule has 1 unspecified atom stereocenters. The van der Waals surface area contributed by atoms with Gasteiger partial charge in [-0.2, -0.15) is 0 Å². The molecular weight excluding hydrogens is 192 g/mol. The molecule has 0 aromatic carbocycles. The van der Waals surface area contributed by atoms with Gasteiger partial charge in [-0.1, -0.05) is 6.07 Å². The van der Waals surface area contributed by atoms with Gasteiger partial charge in [0.25, 0.3) is 5.91 Å². The topological polar surface area (TPSA) is 42.4 Å². The number of carbonyl (C=O) groups is 1. The average Bonchev–Trinajstić information content (AvgIpc) is 2.30. The zero-order chi connectivity index (χ0) is 10.7. The fourth-order valence-electron chi connectivity index (χ4n) is 1.66. The highest BCUT2D eigenvalue weighted by Gasteiger charge is 2.25. The third-order valence-electron chi connectivity index (χ3n) is 2.49. The monoisotopic (exact) mass is 206 g/mol. The number of amides is 1. The van der Waals surface area contributed by atoms with Gasteiger partial charge in [0.1, 0.15) is 11.9 Å². The third kappa shape index (κ3) is 2.15. The van der Waals surface area contributed by atoms with E-state index < -0.39 is 0 Å². The van der Waals surface area contributed by atoms with E-state index >= 15 is 0 Å². The van der Waals surface area contributed by atoms with Crippen LogP contribution in [0.15, 0.2) is 24.4 Å². The van der Waals surface area contributed by atoms with Crippen LogP contribution in [0.1, 0.15) is 23.8 Å². The Morgan fingerprint density at radius 2 is 2.47 bits per heavy atom. The lowest BCUT2D eigenvalue weighted by molar-refractivity contribution is -0.0663. The van der Waals surface area contributed by atoms with Gasteiger partial charge in [-0.25, -0.2) is 0 Å². The van der Waals surface area contributed by atoms with Crippen LogP contribution in [-0.4, -0.2) is 35.2 Å². The number of nitrogens with zero attached hydrogens (tertiary/aromatic N) is 2. The maximum atomic E-state index is 12.0. The fourth-order valence-corrected chi connectivity index (χ4v) is 1.66. The number of hydrogen-bond acceptors (Lipinski definition) is 3. The summed E-state index contributed by atoms with van der Waals surface area (Å²) in [5.41, 5.74) is 0.481. The molecule has 1 saturated heterocycles. The number of aromatic nitrogens is 1. The maximum Gasteiger partial charge on any atom is 0.274 e. The van der Waals surface area contributed by atoms with E-state index in [0.717, 1.165) is 19.6 Å². The Kier molecular flexibility index (Phi) is 2.97. The summed E-state index contributed by atoms with van der Waals surface area (Å²) in [7, 11) is 0. The summed E-state index contributed by atoms with van der Waals surface area (Å²) in [6.07, 6.45) is 2.37. The van der Waals surface area contributed by atoms with Gasteiger partial charge >= 0.3 is 0 Å². The van der Waals surface area contributed by atoms with E-state index in [1.807, 2.05) is 13.0 Å². The van der Waals surface area contributed by atoms with Crippen LogP contribution < -0.4 is 0 Å². The number of rotatable bonds is 1. The summed E-state index contributed by atoms with van der Waals surface area (Å²) in [5, 5.41) is 0. The van der Waals surface area contributed by atoms with E-state index in [1.54, 1.807) is 23.2 Å². The lowest BCUT2D eigenvalue weighted by Gasteiger charge is -2.32. The van der Waals surface area contributed by atoms with E-state index in [-0.39, 0.29) is 12.1 Å². The van der Waals surface area contributed by atoms with Gasteiger partial charge in [0.2, 0.25) is 0 Å². The SMILES string of the molecule is CC1OCCCN1C(=O)c1ccccn1.